The third kappa shape index (κ3) is 4.15. The molecule has 0 unspecified atom stereocenters. The van der Waals surface area contributed by atoms with E-state index in [0.29, 0.717) is 29.8 Å². The number of carbonyl (C=O) groups is 1. The van der Waals surface area contributed by atoms with Crippen molar-refractivity contribution in [1.82, 2.24) is 5.32 Å². The molecule has 0 saturated carbocycles. The SMILES string of the molecule is CC(=O)NCCC#Cc1cc(F)cc(C)c1N. The Kier molecular flexibility index (Phi) is 4.53. The summed E-state index contributed by atoms with van der Waals surface area (Å²) in [6.07, 6.45) is 0.509. The molecular weight excluding hydrogens is 219 g/mol. The Bertz CT molecular complexity index is 486. The lowest BCUT2D eigenvalue weighted by Crippen LogP contribution is -2.20. The molecule has 0 aromatic heterocycles. The number of carbonyl (C=O) groups excluding carboxylic acids is 1. The van der Waals surface area contributed by atoms with Gasteiger partial charge in [0.25, 0.3) is 0 Å². The molecule has 90 valence electrons. The summed E-state index contributed by atoms with van der Waals surface area (Å²) in [5.74, 6) is 5.21. The number of hydrogen-bond donors (Lipinski definition) is 2. The number of nitrogens with one attached hydrogen (secondary N) is 1. The van der Waals surface area contributed by atoms with Gasteiger partial charge >= 0.3 is 0 Å². The molecule has 1 aromatic carbocycles. The Morgan fingerprint density at radius 3 is 2.88 bits per heavy atom. The highest BCUT2D eigenvalue weighted by molar-refractivity contribution is 5.72. The maximum atomic E-state index is 13.1. The summed E-state index contributed by atoms with van der Waals surface area (Å²) in [6, 6.07) is 2.69. The van der Waals surface area contributed by atoms with Crippen LogP contribution >= 0.6 is 0 Å². The van der Waals surface area contributed by atoms with Gasteiger partial charge in [-0.2, -0.15) is 0 Å². The highest BCUT2D eigenvalue weighted by atomic mass is 19.1. The number of nitrogens with two attached hydrogens (primary N) is 1. The summed E-state index contributed by atoms with van der Waals surface area (Å²) in [5.41, 5.74) is 7.44. The van der Waals surface area contributed by atoms with Crippen LogP contribution < -0.4 is 11.1 Å². The van der Waals surface area contributed by atoms with E-state index in [2.05, 4.69) is 17.2 Å². The predicted octanol–water partition coefficient (Wildman–Crippen LogP) is 1.59. The Morgan fingerprint density at radius 2 is 2.24 bits per heavy atom. The average molecular weight is 234 g/mol. The normalized spacial score (nSPS) is 9.35. The van der Waals surface area contributed by atoms with Crippen LogP contribution in [0, 0.1) is 24.6 Å². The number of anilines is 1. The minimum absolute atomic E-state index is 0.0899. The quantitative estimate of drug-likeness (QED) is 0.464. The zero-order chi connectivity index (χ0) is 12.8. The van der Waals surface area contributed by atoms with E-state index in [4.69, 9.17) is 5.73 Å². The van der Waals surface area contributed by atoms with Crippen molar-refractivity contribution in [2.24, 2.45) is 0 Å². The topological polar surface area (TPSA) is 55.1 Å². The lowest BCUT2D eigenvalue weighted by atomic mass is 10.1. The molecule has 17 heavy (non-hydrogen) atoms. The highest BCUT2D eigenvalue weighted by Crippen LogP contribution is 2.17. The van der Waals surface area contributed by atoms with Gasteiger partial charge in [0.1, 0.15) is 5.82 Å². The van der Waals surface area contributed by atoms with Gasteiger partial charge in [-0.3, -0.25) is 4.79 Å². The first-order valence-electron chi connectivity index (χ1n) is 5.29. The zero-order valence-corrected chi connectivity index (χ0v) is 9.93. The van der Waals surface area contributed by atoms with Gasteiger partial charge in [-0.15, -0.1) is 0 Å². The van der Waals surface area contributed by atoms with Gasteiger partial charge in [0.05, 0.1) is 11.3 Å². The maximum absolute atomic E-state index is 13.1. The van der Waals surface area contributed by atoms with Crippen molar-refractivity contribution >= 4 is 11.6 Å². The van der Waals surface area contributed by atoms with Gasteiger partial charge < -0.3 is 11.1 Å². The minimum Gasteiger partial charge on any atom is -0.397 e. The van der Waals surface area contributed by atoms with Crippen molar-refractivity contribution in [3.05, 3.63) is 29.1 Å². The molecule has 1 rings (SSSR count). The number of benzene rings is 1. The van der Waals surface area contributed by atoms with Crippen LogP contribution in [-0.2, 0) is 4.79 Å². The van der Waals surface area contributed by atoms with E-state index in [1.807, 2.05) is 0 Å². The molecule has 1 aromatic rings. The molecule has 0 atom stereocenters. The minimum atomic E-state index is -0.345. The van der Waals surface area contributed by atoms with Gasteiger partial charge in [-0.25, -0.2) is 4.39 Å². The van der Waals surface area contributed by atoms with Crippen LogP contribution in [0.25, 0.3) is 0 Å². The summed E-state index contributed by atoms with van der Waals surface area (Å²) < 4.78 is 13.1. The zero-order valence-electron chi connectivity index (χ0n) is 9.93. The summed E-state index contributed by atoms with van der Waals surface area (Å²) in [4.78, 5) is 10.6. The van der Waals surface area contributed by atoms with Gasteiger partial charge in [0.15, 0.2) is 0 Å². The van der Waals surface area contributed by atoms with Crippen LogP contribution in [0.3, 0.4) is 0 Å². The predicted molar refractivity (Wildman–Crippen MR) is 65.7 cm³/mol. The first-order valence-corrected chi connectivity index (χ1v) is 5.29. The van der Waals surface area contributed by atoms with E-state index in [0.717, 1.165) is 0 Å². The number of amides is 1. The molecule has 0 spiro atoms. The first-order chi connectivity index (χ1) is 8.00. The monoisotopic (exact) mass is 234 g/mol. The number of halogens is 1. The van der Waals surface area contributed by atoms with Crippen LogP contribution in [0.5, 0.6) is 0 Å². The molecule has 0 aliphatic carbocycles. The summed E-state index contributed by atoms with van der Waals surface area (Å²) in [6.45, 7) is 3.67. The van der Waals surface area contributed by atoms with E-state index >= 15 is 0 Å². The lowest BCUT2D eigenvalue weighted by molar-refractivity contribution is -0.118. The molecule has 4 heteroatoms. The Balaban J connectivity index is 2.68. The van der Waals surface area contributed by atoms with Gasteiger partial charge in [0, 0.05) is 19.9 Å². The fourth-order valence-electron chi connectivity index (χ4n) is 1.32. The molecule has 3 N–H and O–H groups in total. The molecule has 1 amide bonds. The first kappa shape index (κ1) is 13.0. The number of rotatable bonds is 2. The second kappa shape index (κ2) is 5.90. The van der Waals surface area contributed by atoms with E-state index in [1.165, 1.54) is 19.1 Å². The fraction of sp³-hybridized carbons (Fsp3) is 0.308. The Morgan fingerprint density at radius 1 is 1.53 bits per heavy atom. The number of aryl methyl sites for hydroxylation is 1. The fourth-order valence-corrected chi connectivity index (χ4v) is 1.32. The molecule has 3 nitrogen and oxygen atoms in total. The molecule has 0 aliphatic rings. The van der Waals surface area contributed by atoms with Crippen molar-refractivity contribution in [1.29, 1.82) is 0 Å². The van der Waals surface area contributed by atoms with Gasteiger partial charge in [-0.05, 0) is 24.6 Å². The smallest absolute Gasteiger partial charge is 0.216 e. The standard InChI is InChI=1S/C13H15FN2O/c1-9-7-12(14)8-11(13(9)15)5-3-4-6-16-10(2)17/h7-8H,4,6,15H2,1-2H3,(H,16,17). The molecule has 0 fully saturated rings. The molecular formula is C13H15FN2O. The van der Waals surface area contributed by atoms with Crippen molar-refractivity contribution in [2.75, 3.05) is 12.3 Å². The summed E-state index contributed by atoms with van der Waals surface area (Å²) in [5, 5.41) is 2.62. The molecule has 0 saturated heterocycles. The third-order valence-corrected chi connectivity index (χ3v) is 2.20. The van der Waals surface area contributed by atoms with Crippen molar-refractivity contribution < 1.29 is 9.18 Å². The molecule has 0 radical (unpaired) electrons. The largest absolute Gasteiger partial charge is 0.397 e. The van der Waals surface area contributed by atoms with E-state index in [1.54, 1.807) is 6.92 Å². The van der Waals surface area contributed by atoms with Crippen LogP contribution in [0.4, 0.5) is 10.1 Å². The van der Waals surface area contributed by atoms with E-state index < -0.39 is 0 Å². The van der Waals surface area contributed by atoms with Crippen LogP contribution in [0.1, 0.15) is 24.5 Å². The molecule has 0 aliphatic heterocycles. The Hall–Kier alpha value is -2.02. The second-order valence-corrected chi connectivity index (χ2v) is 3.72. The van der Waals surface area contributed by atoms with Gasteiger partial charge in [-0.1, -0.05) is 11.8 Å². The van der Waals surface area contributed by atoms with Crippen molar-refractivity contribution in [2.45, 2.75) is 20.3 Å². The average Bonchev–Trinajstić information content (AvgIpc) is 2.23. The number of nitrogen functional groups attached to an aromatic ring is 1. The summed E-state index contributed by atoms with van der Waals surface area (Å²) in [7, 11) is 0. The van der Waals surface area contributed by atoms with E-state index in [9.17, 15) is 9.18 Å². The maximum Gasteiger partial charge on any atom is 0.216 e. The molecule has 0 heterocycles. The van der Waals surface area contributed by atoms with Crippen molar-refractivity contribution in [3.8, 4) is 11.8 Å². The summed E-state index contributed by atoms with van der Waals surface area (Å²) >= 11 is 0. The van der Waals surface area contributed by atoms with Crippen LogP contribution in [0.2, 0.25) is 0 Å². The Labute approximate surface area is 100 Å². The van der Waals surface area contributed by atoms with Crippen LogP contribution in [0.15, 0.2) is 12.1 Å². The van der Waals surface area contributed by atoms with E-state index in [-0.39, 0.29) is 11.7 Å². The second-order valence-electron chi connectivity index (χ2n) is 3.72. The highest BCUT2D eigenvalue weighted by Gasteiger charge is 2.02. The lowest BCUT2D eigenvalue weighted by Gasteiger charge is -2.02. The van der Waals surface area contributed by atoms with Gasteiger partial charge in [0.2, 0.25) is 5.91 Å². The van der Waals surface area contributed by atoms with Crippen molar-refractivity contribution in [3.63, 3.8) is 0 Å². The van der Waals surface area contributed by atoms with Crippen LogP contribution in [-0.4, -0.2) is 12.5 Å². The third-order valence-electron chi connectivity index (χ3n) is 2.20. The molecule has 0 bridgehead atoms. The number of hydrogen-bond acceptors (Lipinski definition) is 2.